The number of fused-ring (bicyclic) bond motifs is 1. The van der Waals surface area contributed by atoms with E-state index in [1.54, 1.807) is 7.05 Å². The molecule has 1 aromatic heterocycles. The Labute approximate surface area is 169 Å². The number of benzene rings is 2. The van der Waals surface area contributed by atoms with Crippen LogP contribution in [0.2, 0.25) is 0 Å². The first kappa shape index (κ1) is 20.3. The largest absolute Gasteiger partial charge is 0.444 e. The van der Waals surface area contributed by atoms with Crippen LogP contribution >= 0.6 is 0 Å². The normalized spacial score (nSPS) is 11.3. The minimum Gasteiger partial charge on any atom is -0.444 e. The lowest BCUT2D eigenvalue weighted by Crippen LogP contribution is -2.32. The van der Waals surface area contributed by atoms with Gasteiger partial charge in [-0.15, -0.1) is 0 Å². The van der Waals surface area contributed by atoms with Crippen molar-refractivity contribution in [2.24, 2.45) is 5.73 Å². The molecular weight excluding hydrogens is 368 g/mol. The summed E-state index contributed by atoms with van der Waals surface area (Å²) in [5.41, 5.74) is 9.27. The smallest absolute Gasteiger partial charge is 0.407 e. The Kier molecular flexibility index (Phi) is 5.50. The highest BCUT2D eigenvalue weighted by molar-refractivity contribution is 6.11. The summed E-state index contributed by atoms with van der Waals surface area (Å²) < 4.78 is 5.24. The van der Waals surface area contributed by atoms with Gasteiger partial charge in [-0.1, -0.05) is 36.4 Å². The number of hydrogen-bond acceptors (Lipinski definition) is 4. The molecule has 2 aromatic carbocycles. The van der Waals surface area contributed by atoms with E-state index in [9.17, 15) is 9.59 Å². The molecule has 5 N–H and O–H groups in total. The number of amides is 2. The molecule has 152 valence electrons. The van der Waals surface area contributed by atoms with Crippen molar-refractivity contribution in [2.45, 2.75) is 32.9 Å². The summed E-state index contributed by atoms with van der Waals surface area (Å²) in [7, 11) is 1.74. The molecule has 2 amide bonds. The maximum Gasteiger partial charge on any atom is 0.407 e. The van der Waals surface area contributed by atoms with Crippen LogP contribution in [0.4, 0.5) is 10.6 Å². The molecule has 0 radical (unpaired) electrons. The fourth-order valence-corrected chi connectivity index (χ4v) is 3.12. The van der Waals surface area contributed by atoms with Crippen molar-refractivity contribution >= 4 is 28.7 Å². The number of carbonyl (C=O) groups is 2. The van der Waals surface area contributed by atoms with Crippen LogP contribution in [0, 0.1) is 0 Å². The van der Waals surface area contributed by atoms with Gasteiger partial charge in [-0.25, -0.2) is 4.79 Å². The number of nitrogens with one attached hydrogen (secondary N) is 3. The zero-order valence-electron chi connectivity index (χ0n) is 17.1. The van der Waals surface area contributed by atoms with E-state index in [2.05, 4.69) is 15.6 Å². The number of aromatic amines is 1. The third kappa shape index (κ3) is 4.68. The standard InChI is InChI=1S/C22H26N4O3/c1-22(2,3)29-21(28)25-12-13-5-7-14(8-6-13)15-9-10-16-17(11-15)26-20(24-4)18(16)19(23)27/h5-11,24,26H,12H2,1-4H3,(H2,23,27)(H,25,28). The van der Waals surface area contributed by atoms with Gasteiger partial charge in [-0.2, -0.15) is 0 Å². The zero-order valence-corrected chi connectivity index (χ0v) is 17.1. The van der Waals surface area contributed by atoms with E-state index in [4.69, 9.17) is 10.5 Å². The summed E-state index contributed by atoms with van der Waals surface area (Å²) in [4.78, 5) is 26.7. The molecule has 0 fully saturated rings. The van der Waals surface area contributed by atoms with Crippen LogP contribution in [-0.2, 0) is 11.3 Å². The van der Waals surface area contributed by atoms with Crippen molar-refractivity contribution in [3.8, 4) is 11.1 Å². The molecule has 0 unspecified atom stereocenters. The Morgan fingerprint density at radius 3 is 2.31 bits per heavy atom. The molecular formula is C22H26N4O3. The maximum atomic E-state index is 11.8. The molecule has 0 aliphatic heterocycles. The van der Waals surface area contributed by atoms with Gasteiger partial charge in [0, 0.05) is 24.5 Å². The van der Waals surface area contributed by atoms with E-state index in [-0.39, 0.29) is 0 Å². The van der Waals surface area contributed by atoms with E-state index in [0.29, 0.717) is 17.9 Å². The number of aromatic nitrogens is 1. The molecule has 3 aromatic rings. The molecule has 0 saturated carbocycles. The Hall–Kier alpha value is -3.48. The number of alkyl carbamates (subject to hydrolysis) is 1. The first-order chi connectivity index (χ1) is 13.7. The zero-order chi connectivity index (χ0) is 21.2. The van der Waals surface area contributed by atoms with E-state index in [0.717, 1.165) is 27.6 Å². The first-order valence-corrected chi connectivity index (χ1v) is 9.37. The predicted molar refractivity (Wildman–Crippen MR) is 115 cm³/mol. The quantitative estimate of drug-likeness (QED) is 0.524. The molecule has 0 bridgehead atoms. The predicted octanol–water partition coefficient (Wildman–Crippen LogP) is 4.00. The number of primary amides is 1. The van der Waals surface area contributed by atoms with Crippen LogP contribution < -0.4 is 16.4 Å². The Morgan fingerprint density at radius 1 is 1.07 bits per heavy atom. The van der Waals surface area contributed by atoms with Crippen LogP contribution in [0.1, 0.15) is 36.7 Å². The number of hydrogen-bond donors (Lipinski definition) is 4. The van der Waals surface area contributed by atoms with Gasteiger partial charge in [0.2, 0.25) is 0 Å². The SMILES string of the molecule is CNc1[nH]c2cc(-c3ccc(CNC(=O)OC(C)(C)C)cc3)ccc2c1C(N)=O. The first-order valence-electron chi connectivity index (χ1n) is 9.37. The molecule has 7 heteroatoms. The second-order valence-corrected chi connectivity index (χ2v) is 7.80. The molecule has 3 rings (SSSR count). The summed E-state index contributed by atoms with van der Waals surface area (Å²) in [6.07, 6.45) is -0.440. The number of rotatable bonds is 5. The molecule has 0 atom stereocenters. The number of H-pyrrole nitrogens is 1. The topological polar surface area (TPSA) is 109 Å². The van der Waals surface area contributed by atoms with E-state index >= 15 is 0 Å². The Bertz CT molecular complexity index is 1050. The van der Waals surface area contributed by atoms with Crippen molar-refractivity contribution in [1.29, 1.82) is 0 Å². The van der Waals surface area contributed by atoms with Gasteiger partial charge in [0.1, 0.15) is 11.4 Å². The van der Waals surface area contributed by atoms with Crippen molar-refractivity contribution in [3.63, 3.8) is 0 Å². The van der Waals surface area contributed by atoms with Crippen LogP contribution in [0.25, 0.3) is 22.0 Å². The third-order valence-corrected chi connectivity index (χ3v) is 4.42. The minimum atomic E-state index is -0.522. The van der Waals surface area contributed by atoms with Gasteiger partial charge in [-0.3, -0.25) is 4.79 Å². The van der Waals surface area contributed by atoms with Gasteiger partial charge in [0.25, 0.3) is 5.91 Å². The summed E-state index contributed by atoms with van der Waals surface area (Å²) in [6, 6.07) is 13.7. The van der Waals surface area contributed by atoms with Crippen molar-refractivity contribution in [3.05, 3.63) is 53.6 Å². The summed E-state index contributed by atoms with van der Waals surface area (Å²) in [5, 5.41) is 6.50. The van der Waals surface area contributed by atoms with Gasteiger partial charge >= 0.3 is 6.09 Å². The number of anilines is 1. The lowest BCUT2D eigenvalue weighted by Gasteiger charge is -2.19. The minimum absolute atomic E-state index is 0.387. The molecule has 0 aliphatic rings. The Morgan fingerprint density at radius 2 is 1.72 bits per heavy atom. The molecule has 0 saturated heterocycles. The molecule has 0 spiro atoms. The summed E-state index contributed by atoms with van der Waals surface area (Å²) >= 11 is 0. The van der Waals surface area contributed by atoms with E-state index in [1.165, 1.54) is 0 Å². The fraction of sp³-hybridized carbons (Fsp3) is 0.273. The van der Waals surface area contributed by atoms with Crippen LogP contribution in [0.5, 0.6) is 0 Å². The van der Waals surface area contributed by atoms with Gasteiger partial charge in [0.15, 0.2) is 0 Å². The summed E-state index contributed by atoms with van der Waals surface area (Å²) in [5.74, 6) is 0.128. The number of ether oxygens (including phenoxy) is 1. The average molecular weight is 394 g/mol. The van der Waals surface area contributed by atoms with Crippen molar-refractivity contribution in [1.82, 2.24) is 10.3 Å². The average Bonchev–Trinajstić information content (AvgIpc) is 3.03. The van der Waals surface area contributed by atoms with Crippen LogP contribution in [0.15, 0.2) is 42.5 Å². The van der Waals surface area contributed by atoms with Crippen LogP contribution in [-0.4, -0.2) is 29.6 Å². The van der Waals surface area contributed by atoms with Crippen molar-refractivity contribution in [2.75, 3.05) is 12.4 Å². The highest BCUT2D eigenvalue weighted by Gasteiger charge is 2.17. The Balaban J connectivity index is 1.77. The van der Waals surface area contributed by atoms with Gasteiger partial charge in [0.05, 0.1) is 5.56 Å². The van der Waals surface area contributed by atoms with Crippen molar-refractivity contribution < 1.29 is 14.3 Å². The highest BCUT2D eigenvalue weighted by Crippen LogP contribution is 2.30. The summed E-state index contributed by atoms with van der Waals surface area (Å²) in [6.45, 7) is 5.87. The lowest BCUT2D eigenvalue weighted by atomic mass is 10.0. The van der Waals surface area contributed by atoms with Gasteiger partial charge < -0.3 is 26.1 Å². The number of nitrogens with two attached hydrogens (primary N) is 1. The second kappa shape index (κ2) is 7.87. The molecule has 7 nitrogen and oxygen atoms in total. The van der Waals surface area contributed by atoms with E-state index in [1.807, 2.05) is 63.2 Å². The fourth-order valence-electron chi connectivity index (χ4n) is 3.12. The van der Waals surface area contributed by atoms with Crippen LogP contribution in [0.3, 0.4) is 0 Å². The molecule has 0 aliphatic carbocycles. The maximum absolute atomic E-state index is 11.8. The lowest BCUT2D eigenvalue weighted by molar-refractivity contribution is 0.0523. The molecule has 1 heterocycles. The molecule has 29 heavy (non-hydrogen) atoms. The van der Waals surface area contributed by atoms with Gasteiger partial charge in [-0.05, 0) is 43.5 Å². The second-order valence-electron chi connectivity index (χ2n) is 7.80. The number of carbonyl (C=O) groups excluding carboxylic acids is 2. The third-order valence-electron chi connectivity index (χ3n) is 4.42. The highest BCUT2D eigenvalue weighted by atomic mass is 16.6. The van der Waals surface area contributed by atoms with E-state index < -0.39 is 17.6 Å². The monoisotopic (exact) mass is 394 g/mol.